The zero-order chi connectivity index (χ0) is 22.9. The van der Waals surface area contributed by atoms with E-state index in [4.69, 9.17) is 11.6 Å². The first-order valence-corrected chi connectivity index (χ1v) is 11.1. The number of nitrogens with one attached hydrogen (secondary N) is 1. The van der Waals surface area contributed by atoms with Crippen molar-refractivity contribution in [3.63, 3.8) is 0 Å². The molecule has 0 radical (unpaired) electrons. The Labute approximate surface area is 196 Å². The Hall–Kier alpha value is -3.83. The molecule has 1 fully saturated rings. The van der Waals surface area contributed by atoms with Gasteiger partial charge in [-0.1, -0.05) is 77.8 Å². The fraction of sp³-hybridized carbons (Fsp3) is 0.111. The fourth-order valence-corrected chi connectivity index (χ4v) is 4.27. The molecule has 0 aliphatic carbocycles. The van der Waals surface area contributed by atoms with Crippen molar-refractivity contribution in [2.24, 2.45) is 0 Å². The second-order valence-electron chi connectivity index (χ2n) is 8.19. The van der Waals surface area contributed by atoms with Gasteiger partial charge in [0.1, 0.15) is 5.70 Å². The normalized spacial score (nSPS) is 15.0. The van der Waals surface area contributed by atoms with E-state index in [2.05, 4.69) is 9.88 Å². The van der Waals surface area contributed by atoms with Crippen LogP contribution in [0.15, 0.2) is 84.7 Å². The molecule has 4 aromatic rings. The molecular weight excluding hydrogens is 434 g/mol. The predicted molar refractivity (Wildman–Crippen MR) is 131 cm³/mol. The summed E-state index contributed by atoms with van der Waals surface area (Å²) < 4.78 is 2.11. The van der Waals surface area contributed by atoms with Crippen LogP contribution in [0.3, 0.4) is 0 Å². The molecule has 0 bridgehead atoms. The summed E-state index contributed by atoms with van der Waals surface area (Å²) in [4.78, 5) is 26.8. The number of aryl methyl sites for hydroxylation is 1. The number of hydrogen-bond acceptors (Lipinski definition) is 2. The lowest BCUT2D eigenvalue weighted by atomic mass is 10.1. The highest BCUT2D eigenvalue weighted by atomic mass is 35.5. The van der Waals surface area contributed by atoms with E-state index in [0.717, 1.165) is 33.2 Å². The number of carbonyl (C=O) groups is 2. The zero-order valence-corrected chi connectivity index (χ0v) is 18.8. The highest BCUT2D eigenvalue weighted by Crippen LogP contribution is 2.27. The number of para-hydroxylation sites is 1. The summed E-state index contributed by atoms with van der Waals surface area (Å²) in [5.74, 6) is -0.330. The quantitative estimate of drug-likeness (QED) is 0.308. The fourth-order valence-electron chi connectivity index (χ4n) is 4.08. The average Bonchev–Trinajstić information content (AvgIpc) is 3.29. The average molecular weight is 456 g/mol. The second-order valence-corrected chi connectivity index (χ2v) is 8.59. The molecule has 1 aliphatic heterocycles. The molecule has 5 nitrogen and oxygen atoms in total. The van der Waals surface area contributed by atoms with Crippen LogP contribution in [0.1, 0.15) is 22.3 Å². The Morgan fingerprint density at radius 2 is 1.64 bits per heavy atom. The number of benzene rings is 3. The van der Waals surface area contributed by atoms with Gasteiger partial charge in [0.05, 0.1) is 6.54 Å². The monoisotopic (exact) mass is 455 g/mol. The molecule has 3 amide bonds. The summed E-state index contributed by atoms with van der Waals surface area (Å²) in [5, 5.41) is 4.44. The van der Waals surface area contributed by atoms with Crippen molar-refractivity contribution in [1.29, 1.82) is 0 Å². The molecule has 5 rings (SSSR count). The van der Waals surface area contributed by atoms with Gasteiger partial charge in [0.2, 0.25) is 0 Å². The molecule has 0 spiro atoms. The highest BCUT2D eigenvalue weighted by molar-refractivity contribution is 6.31. The van der Waals surface area contributed by atoms with Crippen LogP contribution in [0.5, 0.6) is 0 Å². The molecule has 1 aliphatic rings. The molecule has 6 heteroatoms. The van der Waals surface area contributed by atoms with Crippen molar-refractivity contribution < 1.29 is 9.59 Å². The number of rotatable bonds is 5. The third-order valence-electron chi connectivity index (χ3n) is 5.84. The minimum atomic E-state index is -0.411. The third-order valence-corrected chi connectivity index (χ3v) is 6.21. The number of hydrogen-bond donors (Lipinski definition) is 1. The number of carbonyl (C=O) groups excluding carboxylic acids is 2. The van der Waals surface area contributed by atoms with Gasteiger partial charge in [-0.25, -0.2) is 4.79 Å². The standard InChI is InChI=1S/C27H22ClN3O2/c1-18-10-12-19(13-11-18)15-31-26(32)24(29-27(31)33)14-21-17-30(25-9-5-3-7-22(21)25)16-20-6-2-4-8-23(20)28/h2-14,17H,15-16H2,1H3,(H,29,33)/b24-14+. The van der Waals surface area contributed by atoms with E-state index in [9.17, 15) is 9.59 Å². The Morgan fingerprint density at radius 3 is 2.42 bits per heavy atom. The molecular formula is C27H22ClN3O2. The number of nitrogens with zero attached hydrogens (tertiary/aromatic N) is 2. The maximum atomic E-state index is 13.0. The van der Waals surface area contributed by atoms with Crippen LogP contribution in [-0.2, 0) is 17.9 Å². The molecule has 3 aromatic carbocycles. The van der Waals surface area contributed by atoms with E-state index in [0.29, 0.717) is 11.6 Å². The molecule has 1 aromatic heterocycles. The molecule has 0 saturated carbocycles. The lowest BCUT2D eigenvalue weighted by molar-refractivity contribution is -0.123. The minimum absolute atomic E-state index is 0.233. The molecule has 33 heavy (non-hydrogen) atoms. The van der Waals surface area contributed by atoms with Gasteiger partial charge in [-0.3, -0.25) is 9.69 Å². The number of amides is 3. The van der Waals surface area contributed by atoms with Crippen molar-refractivity contribution in [3.8, 4) is 0 Å². The topological polar surface area (TPSA) is 54.3 Å². The van der Waals surface area contributed by atoms with Crippen molar-refractivity contribution in [3.05, 3.63) is 112 Å². The van der Waals surface area contributed by atoms with Gasteiger partial charge >= 0.3 is 6.03 Å². The van der Waals surface area contributed by atoms with Crippen LogP contribution in [0.25, 0.3) is 17.0 Å². The Kier molecular flexibility index (Phi) is 5.48. The van der Waals surface area contributed by atoms with Crippen molar-refractivity contribution in [2.75, 3.05) is 0 Å². The summed E-state index contributed by atoms with van der Waals surface area (Å²) in [7, 11) is 0. The Bertz CT molecular complexity index is 1400. The molecule has 0 atom stereocenters. The number of aromatic nitrogens is 1. The van der Waals surface area contributed by atoms with E-state index >= 15 is 0 Å². The van der Waals surface area contributed by atoms with E-state index < -0.39 is 6.03 Å². The molecule has 2 heterocycles. The Morgan fingerprint density at radius 1 is 0.909 bits per heavy atom. The Balaban J connectivity index is 1.46. The third kappa shape index (κ3) is 4.15. The summed E-state index contributed by atoms with van der Waals surface area (Å²) in [6.45, 7) is 2.83. The van der Waals surface area contributed by atoms with Gasteiger partial charge in [0.15, 0.2) is 0 Å². The first kappa shape index (κ1) is 21.0. The minimum Gasteiger partial charge on any atom is -0.342 e. The largest absolute Gasteiger partial charge is 0.342 e. The second kappa shape index (κ2) is 8.60. The van der Waals surface area contributed by atoms with Gasteiger partial charge in [-0.2, -0.15) is 0 Å². The lowest BCUT2D eigenvalue weighted by Crippen LogP contribution is -2.30. The van der Waals surface area contributed by atoms with Crippen LogP contribution >= 0.6 is 11.6 Å². The first-order chi connectivity index (χ1) is 16.0. The van der Waals surface area contributed by atoms with Gasteiger partial charge in [0, 0.05) is 34.2 Å². The van der Waals surface area contributed by atoms with Gasteiger partial charge in [-0.05, 0) is 36.3 Å². The van der Waals surface area contributed by atoms with Crippen LogP contribution in [0.4, 0.5) is 4.79 Å². The molecule has 1 saturated heterocycles. The van der Waals surface area contributed by atoms with Crippen LogP contribution < -0.4 is 5.32 Å². The van der Waals surface area contributed by atoms with Crippen LogP contribution in [-0.4, -0.2) is 21.4 Å². The number of urea groups is 1. The molecule has 1 N–H and O–H groups in total. The first-order valence-electron chi connectivity index (χ1n) is 10.7. The van der Waals surface area contributed by atoms with Gasteiger partial charge < -0.3 is 9.88 Å². The summed E-state index contributed by atoms with van der Waals surface area (Å²) >= 11 is 6.37. The highest BCUT2D eigenvalue weighted by Gasteiger charge is 2.33. The number of halogens is 1. The molecule has 0 unspecified atom stereocenters. The smallest absolute Gasteiger partial charge is 0.329 e. The number of fused-ring (bicyclic) bond motifs is 1. The van der Waals surface area contributed by atoms with E-state index in [1.165, 1.54) is 4.90 Å². The van der Waals surface area contributed by atoms with Crippen molar-refractivity contribution in [2.45, 2.75) is 20.0 Å². The molecule has 164 valence electrons. The van der Waals surface area contributed by atoms with E-state index in [-0.39, 0.29) is 18.1 Å². The summed E-state index contributed by atoms with van der Waals surface area (Å²) in [6.07, 6.45) is 3.74. The summed E-state index contributed by atoms with van der Waals surface area (Å²) in [5.41, 5.74) is 5.20. The van der Waals surface area contributed by atoms with E-state index in [1.807, 2.05) is 85.9 Å². The lowest BCUT2D eigenvalue weighted by Gasteiger charge is -2.11. The SMILES string of the molecule is Cc1ccc(CN2C(=O)N/C(=C/c3cn(Cc4ccccc4Cl)c4ccccc34)C2=O)cc1. The van der Waals surface area contributed by atoms with E-state index in [1.54, 1.807) is 6.08 Å². The van der Waals surface area contributed by atoms with Crippen molar-refractivity contribution >= 4 is 40.5 Å². The maximum Gasteiger partial charge on any atom is 0.329 e. The van der Waals surface area contributed by atoms with Crippen LogP contribution in [0, 0.1) is 6.92 Å². The maximum absolute atomic E-state index is 13.0. The summed E-state index contributed by atoms with van der Waals surface area (Å²) in [6, 6.07) is 23.1. The number of imide groups is 1. The van der Waals surface area contributed by atoms with Gasteiger partial charge in [-0.15, -0.1) is 0 Å². The van der Waals surface area contributed by atoms with Crippen LogP contribution in [0.2, 0.25) is 5.02 Å². The zero-order valence-electron chi connectivity index (χ0n) is 18.1. The van der Waals surface area contributed by atoms with Crippen molar-refractivity contribution in [1.82, 2.24) is 14.8 Å². The van der Waals surface area contributed by atoms with Gasteiger partial charge in [0.25, 0.3) is 5.91 Å². The predicted octanol–water partition coefficient (Wildman–Crippen LogP) is 5.74.